The highest BCUT2D eigenvalue weighted by molar-refractivity contribution is 5.91. The van der Waals surface area contributed by atoms with Crippen molar-refractivity contribution >= 4 is 17.9 Å². The van der Waals surface area contributed by atoms with Gasteiger partial charge in [0, 0.05) is 12.0 Å². The maximum Gasteiger partial charge on any atom is 0.412 e. The van der Waals surface area contributed by atoms with Crippen LogP contribution < -0.4 is 10.1 Å². The predicted octanol–water partition coefficient (Wildman–Crippen LogP) is 5.98. The van der Waals surface area contributed by atoms with E-state index < -0.39 is 6.09 Å². The first-order valence-electron chi connectivity index (χ1n) is 11.3. The first-order valence-corrected chi connectivity index (χ1v) is 11.3. The second-order valence-electron chi connectivity index (χ2n) is 8.14. The number of carbonyl (C=O) groups excluding carboxylic acids is 3. The zero-order valence-electron chi connectivity index (χ0n) is 19.8. The van der Waals surface area contributed by atoms with Gasteiger partial charge in [-0.3, -0.25) is 5.32 Å². The molecular weight excluding hydrogens is 460 g/mol. The van der Waals surface area contributed by atoms with Gasteiger partial charge in [0.25, 0.3) is 0 Å². The van der Waals surface area contributed by atoms with Crippen molar-refractivity contribution in [2.45, 2.75) is 26.4 Å². The first kappa shape index (κ1) is 24.4. The van der Waals surface area contributed by atoms with Crippen LogP contribution in [0.4, 0.5) is 10.5 Å². The summed E-state index contributed by atoms with van der Waals surface area (Å²) in [6.45, 7) is 4.35. The van der Waals surface area contributed by atoms with E-state index in [1.807, 2.05) is 61.5 Å². The number of nitrogens with zero attached hydrogens (tertiary/aromatic N) is 1. The molecule has 3 aromatic carbocycles. The molecule has 0 bridgehead atoms. The van der Waals surface area contributed by atoms with Gasteiger partial charge in [-0.2, -0.15) is 9.59 Å². The van der Waals surface area contributed by atoms with Crippen LogP contribution in [0, 0.1) is 6.92 Å². The number of anilines is 1. The first-order chi connectivity index (χ1) is 17.5. The summed E-state index contributed by atoms with van der Waals surface area (Å²) in [5, 5.41) is 6.84. The fraction of sp³-hybridized carbons (Fsp3) is 0.179. The molecule has 4 aromatic rings. The predicted molar refractivity (Wildman–Crippen MR) is 131 cm³/mol. The number of hydrogen-bond acceptors (Lipinski definition) is 7. The number of carbonyl (C=O) groups is 1. The zero-order chi connectivity index (χ0) is 25.5. The monoisotopic (exact) mass is 484 g/mol. The average molecular weight is 485 g/mol. The highest BCUT2D eigenvalue weighted by atomic mass is 16.6. The largest absolute Gasteiger partial charge is 0.493 e. The standard InChI is InChI=1S/C27H24N2O4.CO2/c1-17-25(28-27(30)32-18(2)19-6-4-3-5-7-19)26(33-29-17)22-11-8-20(9-12-22)23-13-10-21-14-15-31-24(21)16-23;2-1-3/h3-13,16,18H,14-15H2,1-2H3,(H,28,30);. The quantitative estimate of drug-likeness (QED) is 0.371. The van der Waals surface area contributed by atoms with E-state index in [9.17, 15) is 4.79 Å². The minimum Gasteiger partial charge on any atom is -0.493 e. The van der Waals surface area contributed by atoms with E-state index in [1.165, 1.54) is 5.56 Å². The molecule has 0 fully saturated rings. The van der Waals surface area contributed by atoms with Crippen LogP contribution >= 0.6 is 0 Å². The highest BCUT2D eigenvalue weighted by Gasteiger charge is 2.20. The number of amides is 1. The number of fused-ring (bicyclic) bond motifs is 1. The zero-order valence-corrected chi connectivity index (χ0v) is 19.8. The summed E-state index contributed by atoms with van der Waals surface area (Å²) in [7, 11) is 0. The van der Waals surface area contributed by atoms with Crippen molar-refractivity contribution in [1.82, 2.24) is 5.16 Å². The summed E-state index contributed by atoms with van der Waals surface area (Å²) in [5.74, 6) is 1.44. The summed E-state index contributed by atoms with van der Waals surface area (Å²) in [5.41, 5.74) is 6.21. The third kappa shape index (κ3) is 5.51. The molecule has 1 unspecified atom stereocenters. The van der Waals surface area contributed by atoms with Gasteiger partial charge in [0.2, 0.25) is 0 Å². The van der Waals surface area contributed by atoms with Crippen molar-refractivity contribution < 1.29 is 28.4 Å². The van der Waals surface area contributed by atoms with E-state index in [4.69, 9.17) is 23.6 Å². The van der Waals surface area contributed by atoms with E-state index in [1.54, 1.807) is 6.92 Å². The lowest BCUT2D eigenvalue weighted by Crippen LogP contribution is -2.16. The Morgan fingerprint density at radius 3 is 2.39 bits per heavy atom. The van der Waals surface area contributed by atoms with Gasteiger partial charge in [0.05, 0.1) is 6.61 Å². The van der Waals surface area contributed by atoms with Gasteiger partial charge in [-0.1, -0.05) is 71.9 Å². The minimum absolute atomic E-state index is 0.250. The van der Waals surface area contributed by atoms with Crippen molar-refractivity contribution in [3.63, 3.8) is 0 Å². The van der Waals surface area contributed by atoms with Gasteiger partial charge in [0.15, 0.2) is 5.76 Å². The molecule has 0 spiro atoms. The summed E-state index contributed by atoms with van der Waals surface area (Å²) in [6, 6.07) is 23.8. The summed E-state index contributed by atoms with van der Waals surface area (Å²) in [6.07, 6.45) is 0.265. The topological polar surface area (TPSA) is 108 Å². The van der Waals surface area contributed by atoms with Gasteiger partial charge in [0.1, 0.15) is 23.2 Å². The van der Waals surface area contributed by atoms with Crippen LogP contribution in [0.3, 0.4) is 0 Å². The van der Waals surface area contributed by atoms with Gasteiger partial charge in [-0.05, 0) is 42.2 Å². The lowest BCUT2D eigenvalue weighted by atomic mass is 10.0. The van der Waals surface area contributed by atoms with Crippen LogP contribution in [0.2, 0.25) is 0 Å². The molecule has 0 aliphatic carbocycles. The van der Waals surface area contributed by atoms with Gasteiger partial charge < -0.3 is 14.0 Å². The fourth-order valence-electron chi connectivity index (χ4n) is 3.96. The van der Waals surface area contributed by atoms with Crippen LogP contribution in [0.5, 0.6) is 5.75 Å². The Morgan fingerprint density at radius 1 is 1.00 bits per heavy atom. The molecule has 1 amide bonds. The maximum atomic E-state index is 12.5. The molecule has 1 atom stereocenters. The number of aryl methyl sites for hydroxylation is 1. The number of nitrogens with one attached hydrogen (secondary N) is 1. The van der Waals surface area contributed by atoms with Crippen LogP contribution in [-0.4, -0.2) is 24.0 Å². The Hall–Kier alpha value is -4.68. The number of rotatable bonds is 5. The molecular formula is C28H24N2O6. The van der Waals surface area contributed by atoms with Crippen molar-refractivity contribution in [3.05, 3.63) is 89.6 Å². The van der Waals surface area contributed by atoms with Crippen molar-refractivity contribution in [3.8, 4) is 28.2 Å². The smallest absolute Gasteiger partial charge is 0.412 e. The Labute approximate surface area is 207 Å². The summed E-state index contributed by atoms with van der Waals surface area (Å²) >= 11 is 0. The second-order valence-corrected chi connectivity index (χ2v) is 8.14. The van der Waals surface area contributed by atoms with E-state index in [0.29, 0.717) is 17.1 Å². The van der Waals surface area contributed by atoms with Crippen molar-refractivity contribution in [2.24, 2.45) is 0 Å². The molecule has 0 radical (unpaired) electrons. The second kappa shape index (κ2) is 11.2. The number of hydrogen-bond donors (Lipinski definition) is 1. The minimum atomic E-state index is -0.561. The van der Waals surface area contributed by atoms with Crippen molar-refractivity contribution in [2.75, 3.05) is 11.9 Å². The van der Waals surface area contributed by atoms with E-state index in [-0.39, 0.29) is 12.3 Å². The molecule has 36 heavy (non-hydrogen) atoms. The van der Waals surface area contributed by atoms with E-state index in [2.05, 4.69) is 28.7 Å². The summed E-state index contributed by atoms with van der Waals surface area (Å²) in [4.78, 5) is 28.8. The van der Waals surface area contributed by atoms with E-state index in [0.717, 1.165) is 41.0 Å². The molecule has 8 nitrogen and oxygen atoms in total. The van der Waals surface area contributed by atoms with Gasteiger partial charge >= 0.3 is 12.2 Å². The molecule has 1 aromatic heterocycles. The Balaban J connectivity index is 0.000000967. The molecule has 1 aliphatic heterocycles. The molecule has 8 heteroatoms. The molecule has 182 valence electrons. The number of ether oxygens (including phenoxy) is 2. The number of aromatic nitrogens is 1. The average Bonchev–Trinajstić information content (AvgIpc) is 3.51. The molecule has 1 aliphatic rings. The van der Waals surface area contributed by atoms with E-state index >= 15 is 0 Å². The Morgan fingerprint density at radius 2 is 1.67 bits per heavy atom. The maximum absolute atomic E-state index is 12.5. The fourth-order valence-corrected chi connectivity index (χ4v) is 3.96. The normalized spacial score (nSPS) is 12.3. The molecule has 2 heterocycles. The van der Waals surface area contributed by atoms with Gasteiger partial charge in [-0.25, -0.2) is 4.79 Å². The van der Waals surface area contributed by atoms with Crippen molar-refractivity contribution in [1.29, 1.82) is 0 Å². The van der Waals surface area contributed by atoms with Crippen LogP contribution in [0.25, 0.3) is 22.5 Å². The SMILES string of the molecule is Cc1noc(-c2ccc(-c3ccc4c(c3)OCC4)cc2)c1NC(=O)OC(C)c1ccccc1.O=C=O. The molecule has 1 N–H and O–H groups in total. The van der Waals surface area contributed by atoms with Crippen LogP contribution in [-0.2, 0) is 20.7 Å². The third-order valence-electron chi connectivity index (χ3n) is 5.82. The molecule has 0 saturated carbocycles. The van der Waals surface area contributed by atoms with Crippen LogP contribution in [0.15, 0.2) is 77.3 Å². The van der Waals surface area contributed by atoms with Gasteiger partial charge in [-0.15, -0.1) is 0 Å². The lowest BCUT2D eigenvalue weighted by molar-refractivity contribution is -0.191. The number of benzene rings is 3. The lowest BCUT2D eigenvalue weighted by Gasteiger charge is -2.14. The highest BCUT2D eigenvalue weighted by Crippen LogP contribution is 2.35. The third-order valence-corrected chi connectivity index (χ3v) is 5.82. The molecule has 5 rings (SSSR count). The Kier molecular flexibility index (Phi) is 7.58. The van der Waals surface area contributed by atoms with Crippen LogP contribution in [0.1, 0.15) is 29.8 Å². The Bertz CT molecular complexity index is 1370. The summed E-state index contributed by atoms with van der Waals surface area (Å²) < 4.78 is 16.8. The molecule has 0 saturated heterocycles.